The first kappa shape index (κ1) is 19.2. The number of aromatic nitrogens is 1. The first-order valence-electron chi connectivity index (χ1n) is 7.53. The molecule has 0 saturated carbocycles. The highest BCUT2D eigenvalue weighted by molar-refractivity contribution is 6.42. The average Bonchev–Trinajstić information content (AvgIpc) is 2.83. The van der Waals surface area contributed by atoms with Gasteiger partial charge < -0.3 is 9.72 Å². The maximum Gasteiger partial charge on any atom is 0.338 e. The summed E-state index contributed by atoms with van der Waals surface area (Å²) in [6.07, 6.45) is -1.03. The fourth-order valence-electron chi connectivity index (χ4n) is 2.63. The average molecular weight is 382 g/mol. The van der Waals surface area contributed by atoms with Gasteiger partial charge in [0.05, 0.1) is 21.3 Å². The Balaban J connectivity index is 2.20. The van der Waals surface area contributed by atoms with E-state index in [9.17, 15) is 14.4 Å². The lowest BCUT2D eigenvalue weighted by atomic mass is 10.0. The monoisotopic (exact) mass is 381 g/mol. The van der Waals surface area contributed by atoms with Crippen LogP contribution in [-0.4, -0.2) is 28.6 Å². The van der Waals surface area contributed by atoms with Gasteiger partial charge in [-0.05, 0) is 51.5 Å². The maximum atomic E-state index is 12.6. The molecule has 0 aliphatic carbocycles. The van der Waals surface area contributed by atoms with Gasteiger partial charge >= 0.3 is 5.97 Å². The predicted molar refractivity (Wildman–Crippen MR) is 95.9 cm³/mol. The number of ketones is 2. The molecule has 1 atom stereocenters. The third-order valence-electron chi connectivity index (χ3n) is 3.84. The number of esters is 1. The van der Waals surface area contributed by atoms with Crippen LogP contribution in [-0.2, 0) is 4.74 Å². The molecule has 0 aliphatic heterocycles. The minimum Gasteiger partial charge on any atom is -0.451 e. The number of nitrogens with one attached hydrogen (secondary N) is 1. The van der Waals surface area contributed by atoms with E-state index in [2.05, 4.69) is 4.98 Å². The van der Waals surface area contributed by atoms with E-state index in [0.717, 1.165) is 0 Å². The molecule has 0 fully saturated rings. The number of halogens is 2. The van der Waals surface area contributed by atoms with Crippen molar-refractivity contribution in [1.82, 2.24) is 4.98 Å². The lowest BCUT2D eigenvalue weighted by molar-refractivity contribution is 0.0317. The number of ether oxygens (including phenoxy) is 1. The fourth-order valence-corrected chi connectivity index (χ4v) is 2.93. The van der Waals surface area contributed by atoms with Crippen LogP contribution in [0.4, 0.5) is 0 Å². The second-order valence-electron chi connectivity index (χ2n) is 5.72. The lowest BCUT2D eigenvalue weighted by Crippen LogP contribution is -2.25. The van der Waals surface area contributed by atoms with Crippen molar-refractivity contribution in [1.29, 1.82) is 0 Å². The minimum absolute atomic E-state index is 0.134. The zero-order valence-electron chi connectivity index (χ0n) is 14.2. The highest BCUT2D eigenvalue weighted by atomic mass is 35.5. The van der Waals surface area contributed by atoms with Crippen molar-refractivity contribution >= 4 is 40.7 Å². The lowest BCUT2D eigenvalue weighted by Gasteiger charge is -2.12. The van der Waals surface area contributed by atoms with E-state index in [4.69, 9.17) is 27.9 Å². The number of carbonyl (C=O) groups excluding carboxylic acids is 3. The van der Waals surface area contributed by atoms with E-state index in [1.54, 1.807) is 13.8 Å². The molecule has 0 radical (unpaired) electrons. The molecule has 25 heavy (non-hydrogen) atoms. The van der Waals surface area contributed by atoms with E-state index in [-0.39, 0.29) is 22.1 Å². The molecule has 1 aromatic heterocycles. The number of rotatable bonds is 5. The molecule has 0 aliphatic rings. The SMILES string of the molecule is CC(=O)c1c(C)[nH]c(C(=O)[C@@H](C)OC(=O)c2ccc(Cl)c(Cl)c2)c1C. The van der Waals surface area contributed by atoms with Crippen LogP contribution in [0.2, 0.25) is 10.0 Å². The van der Waals surface area contributed by atoms with Crippen LogP contribution < -0.4 is 0 Å². The van der Waals surface area contributed by atoms with Crippen molar-refractivity contribution in [2.75, 3.05) is 0 Å². The summed E-state index contributed by atoms with van der Waals surface area (Å²) >= 11 is 11.7. The van der Waals surface area contributed by atoms with Gasteiger partial charge in [0.2, 0.25) is 5.78 Å². The van der Waals surface area contributed by atoms with E-state index < -0.39 is 17.9 Å². The first-order valence-corrected chi connectivity index (χ1v) is 8.29. The van der Waals surface area contributed by atoms with Gasteiger partial charge in [0, 0.05) is 11.3 Å². The molecular formula is C18H17Cl2NO4. The van der Waals surface area contributed by atoms with Gasteiger partial charge in [-0.15, -0.1) is 0 Å². The van der Waals surface area contributed by atoms with E-state index in [0.29, 0.717) is 21.8 Å². The first-order chi connectivity index (χ1) is 11.6. The summed E-state index contributed by atoms with van der Waals surface area (Å²) < 4.78 is 5.22. The molecule has 2 aromatic rings. The highest BCUT2D eigenvalue weighted by Crippen LogP contribution is 2.24. The van der Waals surface area contributed by atoms with Crippen LogP contribution in [0, 0.1) is 13.8 Å². The van der Waals surface area contributed by atoms with E-state index in [1.165, 1.54) is 32.0 Å². The second kappa shape index (κ2) is 7.42. The molecule has 1 aromatic carbocycles. The van der Waals surface area contributed by atoms with E-state index in [1.807, 2.05) is 0 Å². The Kier molecular flexibility index (Phi) is 5.70. The molecular weight excluding hydrogens is 365 g/mol. The van der Waals surface area contributed by atoms with Gasteiger partial charge in [-0.1, -0.05) is 23.2 Å². The van der Waals surface area contributed by atoms with Crippen LogP contribution in [0.5, 0.6) is 0 Å². The van der Waals surface area contributed by atoms with Crippen LogP contribution in [0.15, 0.2) is 18.2 Å². The Hall–Kier alpha value is -2.11. The van der Waals surface area contributed by atoms with Crippen molar-refractivity contribution in [2.24, 2.45) is 0 Å². The summed E-state index contributed by atoms with van der Waals surface area (Å²) in [6.45, 7) is 6.31. The summed E-state index contributed by atoms with van der Waals surface area (Å²) in [7, 11) is 0. The van der Waals surface area contributed by atoms with E-state index >= 15 is 0 Å². The largest absolute Gasteiger partial charge is 0.451 e. The number of Topliss-reactive ketones (excluding diaryl/α,β-unsaturated/α-hetero) is 2. The smallest absolute Gasteiger partial charge is 0.338 e. The highest BCUT2D eigenvalue weighted by Gasteiger charge is 2.26. The molecule has 0 unspecified atom stereocenters. The summed E-state index contributed by atoms with van der Waals surface area (Å²) in [5, 5.41) is 0.536. The van der Waals surface area contributed by atoms with Crippen molar-refractivity contribution in [3.05, 3.63) is 56.3 Å². The number of hydrogen-bond acceptors (Lipinski definition) is 4. The maximum absolute atomic E-state index is 12.6. The second-order valence-corrected chi connectivity index (χ2v) is 6.54. The molecule has 0 bridgehead atoms. The molecule has 7 heteroatoms. The summed E-state index contributed by atoms with van der Waals surface area (Å²) in [4.78, 5) is 39.3. The molecule has 132 valence electrons. The normalized spacial score (nSPS) is 11.9. The minimum atomic E-state index is -1.03. The van der Waals surface area contributed by atoms with Crippen LogP contribution in [0.25, 0.3) is 0 Å². The number of H-pyrrole nitrogens is 1. The molecule has 1 heterocycles. The van der Waals surface area contributed by atoms with Gasteiger partial charge in [-0.3, -0.25) is 9.59 Å². The Morgan fingerprint density at radius 2 is 1.76 bits per heavy atom. The van der Waals surface area contributed by atoms with Crippen molar-refractivity contribution in [3.63, 3.8) is 0 Å². The summed E-state index contributed by atoms with van der Waals surface area (Å²) in [6, 6.07) is 4.32. The molecule has 5 nitrogen and oxygen atoms in total. The zero-order chi connectivity index (χ0) is 18.9. The number of benzene rings is 1. The van der Waals surface area contributed by atoms with Crippen LogP contribution in [0.1, 0.15) is 56.3 Å². The van der Waals surface area contributed by atoms with Crippen LogP contribution >= 0.6 is 23.2 Å². The van der Waals surface area contributed by atoms with Gasteiger partial charge in [0.25, 0.3) is 0 Å². The third kappa shape index (κ3) is 3.94. The summed E-state index contributed by atoms with van der Waals surface area (Å²) in [5.41, 5.74) is 2.09. The van der Waals surface area contributed by atoms with Crippen molar-refractivity contribution in [3.8, 4) is 0 Å². The topological polar surface area (TPSA) is 76.2 Å². The van der Waals surface area contributed by atoms with Gasteiger partial charge in [0.1, 0.15) is 0 Å². The quantitative estimate of drug-likeness (QED) is 0.607. The Bertz CT molecular complexity index is 870. The van der Waals surface area contributed by atoms with Crippen molar-refractivity contribution in [2.45, 2.75) is 33.8 Å². The number of carbonyl (C=O) groups is 3. The molecule has 0 saturated heterocycles. The molecule has 2 rings (SSSR count). The molecule has 0 amide bonds. The predicted octanol–water partition coefficient (Wildman–Crippen LogP) is 4.57. The Morgan fingerprint density at radius 1 is 1.12 bits per heavy atom. The Labute approximate surface area is 155 Å². The van der Waals surface area contributed by atoms with Crippen LogP contribution in [0.3, 0.4) is 0 Å². The Morgan fingerprint density at radius 3 is 2.28 bits per heavy atom. The third-order valence-corrected chi connectivity index (χ3v) is 4.58. The van der Waals surface area contributed by atoms with Crippen molar-refractivity contribution < 1.29 is 19.1 Å². The standard InChI is InChI=1S/C18H17Cl2NO4/c1-8-15(10(3)22)9(2)21-16(8)17(23)11(4)25-18(24)12-5-6-13(19)14(20)7-12/h5-7,11,21H,1-4H3/t11-/m1/s1. The zero-order valence-corrected chi connectivity index (χ0v) is 15.7. The van der Waals surface area contributed by atoms with Gasteiger partial charge in [-0.25, -0.2) is 4.79 Å². The number of hydrogen-bond donors (Lipinski definition) is 1. The fraction of sp³-hybridized carbons (Fsp3) is 0.278. The van der Waals surface area contributed by atoms with Gasteiger partial charge in [-0.2, -0.15) is 0 Å². The molecule has 1 N–H and O–H groups in total. The molecule has 0 spiro atoms. The number of aryl methyl sites for hydroxylation is 1. The van der Waals surface area contributed by atoms with Gasteiger partial charge in [0.15, 0.2) is 11.9 Å². The number of aromatic amines is 1. The summed E-state index contributed by atoms with van der Waals surface area (Å²) in [5.74, 6) is -1.24.